The van der Waals surface area contributed by atoms with Crippen LogP contribution in [0.3, 0.4) is 0 Å². The maximum Gasteiger partial charge on any atom is 0.125 e. The Kier molecular flexibility index (Phi) is 7.11. The van der Waals surface area contributed by atoms with Crippen LogP contribution in [0.1, 0.15) is 41.2 Å². The molecule has 28 heavy (non-hydrogen) atoms. The van der Waals surface area contributed by atoms with E-state index >= 15 is 0 Å². The molecule has 3 rings (SSSR count). The predicted molar refractivity (Wildman–Crippen MR) is 113 cm³/mol. The van der Waals surface area contributed by atoms with E-state index in [4.69, 9.17) is 4.74 Å². The van der Waals surface area contributed by atoms with E-state index in [0.29, 0.717) is 13.2 Å². The minimum Gasteiger partial charge on any atom is -0.490 e. The van der Waals surface area contributed by atoms with Gasteiger partial charge in [-0.25, -0.2) is 0 Å². The first kappa shape index (κ1) is 20.8. The van der Waals surface area contributed by atoms with Gasteiger partial charge in [0.05, 0.1) is 6.10 Å². The number of β-amino-alcohol motifs (C(OH)–C–C–N with tert-alkyl or cyclic N) is 1. The number of hydrogen-bond donors (Lipinski definition) is 2. The summed E-state index contributed by atoms with van der Waals surface area (Å²) in [6.45, 7) is 8.88. The second-order valence-electron chi connectivity index (χ2n) is 8.11. The van der Waals surface area contributed by atoms with Gasteiger partial charge < -0.3 is 19.8 Å². The summed E-state index contributed by atoms with van der Waals surface area (Å²) < 4.78 is 5.95. The molecule has 0 radical (unpaired) electrons. The molecule has 1 saturated heterocycles. The van der Waals surface area contributed by atoms with Gasteiger partial charge in [-0.15, -0.1) is 0 Å². The summed E-state index contributed by atoms with van der Waals surface area (Å²) in [6.07, 6.45) is 0.971. The normalized spacial score (nSPS) is 18.0. The number of likely N-dealkylation sites (tertiary alicyclic amines) is 1. The van der Waals surface area contributed by atoms with Crippen LogP contribution in [0.15, 0.2) is 42.5 Å². The summed E-state index contributed by atoms with van der Waals surface area (Å²) in [5.74, 6) is 1.17. The Balaban J connectivity index is 1.45. The van der Waals surface area contributed by atoms with Crippen molar-refractivity contribution in [3.63, 3.8) is 0 Å². The van der Waals surface area contributed by atoms with E-state index in [9.17, 15) is 10.2 Å². The number of hydrogen-bond acceptors (Lipinski definition) is 4. The van der Waals surface area contributed by atoms with Crippen molar-refractivity contribution in [3.05, 3.63) is 64.7 Å². The van der Waals surface area contributed by atoms with Crippen LogP contribution in [0.25, 0.3) is 0 Å². The molecule has 2 unspecified atom stereocenters. The van der Waals surface area contributed by atoms with Crippen molar-refractivity contribution >= 4 is 0 Å². The Morgan fingerprint density at radius 3 is 2.29 bits per heavy atom. The molecule has 0 spiro atoms. The summed E-state index contributed by atoms with van der Waals surface area (Å²) in [4.78, 5) is 2.28. The average Bonchev–Trinajstić information content (AvgIpc) is 2.71. The molecule has 1 aliphatic rings. The Morgan fingerprint density at radius 1 is 0.964 bits per heavy atom. The second kappa shape index (κ2) is 9.55. The molecule has 4 heteroatoms. The summed E-state index contributed by atoms with van der Waals surface area (Å²) >= 11 is 0. The van der Waals surface area contributed by atoms with E-state index in [1.807, 2.05) is 37.3 Å². The molecule has 2 aromatic carbocycles. The number of ether oxygens (including phenoxy) is 1. The zero-order valence-electron chi connectivity index (χ0n) is 17.3. The Bertz CT molecular complexity index is 754. The van der Waals surface area contributed by atoms with Crippen LogP contribution >= 0.6 is 0 Å². The van der Waals surface area contributed by atoms with Crippen molar-refractivity contribution < 1.29 is 14.9 Å². The summed E-state index contributed by atoms with van der Waals surface area (Å²) in [5, 5.41) is 21.1. The highest BCUT2D eigenvalue weighted by molar-refractivity contribution is 5.44. The van der Waals surface area contributed by atoms with E-state index in [-0.39, 0.29) is 5.92 Å². The zero-order valence-corrected chi connectivity index (χ0v) is 17.3. The van der Waals surface area contributed by atoms with E-state index < -0.39 is 12.2 Å². The third-order valence-corrected chi connectivity index (χ3v) is 5.98. The van der Waals surface area contributed by atoms with Crippen molar-refractivity contribution in [3.8, 4) is 5.75 Å². The van der Waals surface area contributed by atoms with Gasteiger partial charge >= 0.3 is 0 Å². The molecule has 2 N–H and O–H groups in total. The number of aryl methyl sites for hydroxylation is 2. The molecular formula is C24H33NO3. The molecule has 0 saturated carbocycles. The highest BCUT2D eigenvalue weighted by Gasteiger charge is 2.27. The fourth-order valence-electron chi connectivity index (χ4n) is 4.05. The molecule has 0 aromatic heterocycles. The Morgan fingerprint density at radius 2 is 1.61 bits per heavy atom. The minimum atomic E-state index is -0.519. The highest BCUT2D eigenvalue weighted by Crippen LogP contribution is 2.30. The van der Waals surface area contributed by atoms with Crippen LogP contribution in [-0.4, -0.2) is 47.5 Å². The zero-order chi connectivity index (χ0) is 20.1. The highest BCUT2D eigenvalue weighted by atomic mass is 16.5. The van der Waals surface area contributed by atoms with Crippen molar-refractivity contribution in [2.75, 3.05) is 26.2 Å². The van der Waals surface area contributed by atoms with Gasteiger partial charge in [-0.3, -0.25) is 0 Å². The lowest BCUT2D eigenvalue weighted by molar-refractivity contribution is 0.0277. The maximum atomic E-state index is 10.6. The molecule has 4 nitrogen and oxygen atoms in total. The number of nitrogens with zero attached hydrogens (tertiary/aromatic N) is 1. The molecule has 1 heterocycles. The third-order valence-electron chi connectivity index (χ3n) is 5.98. The molecular weight excluding hydrogens is 350 g/mol. The molecule has 0 bridgehead atoms. The van der Waals surface area contributed by atoms with Crippen LogP contribution in [0.5, 0.6) is 5.75 Å². The van der Waals surface area contributed by atoms with Gasteiger partial charge in [0.25, 0.3) is 0 Å². The number of aliphatic hydroxyl groups is 2. The Labute approximate surface area is 168 Å². The molecule has 2 aromatic rings. The smallest absolute Gasteiger partial charge is 0.125 e. The molecule has 152 valence electrons. The number of aliphatic hydroxyl groups excluding tert-OH is 2. The van der Waals surface area contributed by atoms with Crippen LogP contribution in [0.2, 0.25) is 0 Å². The number of piperidine rings is 1. The van der Waals surface area contributed by atoms with Crippen LogP contribution in [0.4, 0.5) is 0 Å². The number of benzene rings is 2. The van der Waals surface area contributed by atoms with Crippen LogP contribution < -0.4 is 4.74 Å². The maximum absolute atomic E-state index is 10.6. The Hall–Kier alpha value is -1.88. The molecule has 1 aliphatic heterocycles. The standard InChI is InChI=1S/C24H33NO3/c1-17-9-10-18(2)24(19(17)3)28-16-22(26)15-25-13-11-21(12-14-25)23(27)20-7-5-4-6-8-20/h4-10,21-23,26-27H,11-16H2,1-3H3. The lowest BCUT2D eigenvalue weighted by Gasteiger charge is -2.35. The fraction of sp³-hybridized carbons (Fsp3) is 0.500. The first-order chi connectivity index (χ1) is 13.5. The van der Waals surface area contributed by atoms with Crippen LogP contribution in [0, 0.1) is 26.7 Å². The topological polar surface area (TPSA) is 52.9 Å². The van der Waals surface area contributed by atoms with Crippen molar-refractivity contribution in [1.29, 1.82) is 0 Å². The summed E-state index contributed by atoms with van der Waals surface area (Å²) in [7, 11) is 0. The molecule has 1 fully saturated rings. The van der Waals surface area contributed by atoms with Gasteiger partial charge in [0, 0.05) is 6.54 Å². The van der Waals surface area contributed by atoms with E-state index in [1.165, 1.54) is 5.56 Å². The van der Waals surface area contributed by atoms with Crippen molar-refractivity contribution in [2.45, 2.75) is 45.8 Å². The van der Waals surface area contributed by atoms with Crippen molar-refractivity contribution in [1.82, 2.24) is 4.90 Å². The molecule has 2 atom stereocenters. The van der Waals surface area contributed by atoms with Gasteiger partial charge in [0.2, 0.25) is 0 Å². The largest absolute Gasteiger partial charge is 0.490 e. The predicted octanol–water partition coefficient (Wildman–Crippen LogP) is 3.80. The van der Waals surface area contributed by atoms with Crippen LogP contribution in [-0.2, 0) is 0 Å². The first-order valence-electron chi connectivity index (χ1n) is 10.3. The van der Waals surface area contributed by atoms with Gasteiger partial charge in [-0.2, -0.15) is 0 Å². The van der Waals surface area contributed by atoms with Crippen molar-refractivity contribution in [2.24, 2.45) is 5.92 Å². The quantitative estimate of drug-likeness (QED) is 0.764. The van der Waals surface area contributed by atoms with Gasteiger partial charge in [-0.05, 0) is 74.9 Å². The molecule has 0 amide bonds. The first-order valence-corrected chi connectivity index (χ1v) is 10.3. The average molecular weight is 384 g/mol. The lowest BCUT2D eigenvalue weighted by Crippen LogP contribution is -2.41. The SMILES string of the molecule is Cc1ccc(C)c(OCC(O)CN2CCC(C(O)c3ccccc3)CC2)c1C. The van der Waals surface area contributed by atoms with E-state index in [1.54, 1.807) is 0 Å². The van der Waals surface area contributed by atoms with Gasteiger partial charge in [-0.1, -0.05) is 42.5 Å². The summed E-state index contributed by atoms with van der Waals surface area (Å²) in [6, 6.07) is 14.1. The minimum absolute atomic E-state index is 0.282. The van der Waals surface area contributed by atoms with Gasteiger partial charge in [0.1, 0.15) is 18.5 Å². The lowest BCUT2D eigenvalue weighted by atomic mass is 9.87. The second-order valence-corrected chi connectivity index (χ2v) is 8.11. The third kappa shape index (κ3) is 5.13. The van der Waals surface area contributed by atoms with E-state index in [0.717, 1.165) is 48.4 Å². The van der Waals surface area contributed by atoms with Gasteiger partial charge in [0.15, 0.2) is 0 Å². The monoisotopic (exact) mass is 383 g/mol. The number of rotatable bonds is 7. The fourth-order valence-corrected chi connectivity index (χ4v) is 4.05. The molecule has 0 aliphatic carbocycles. The summed E-state index contributed by atoms with van der Waals surface area (Å²) in [5.41, 5.74) is 4.45. The van der Waals surface area contributed by atoms with E-state index in [2.05, 4.69) is 30.9 Å².